The van der Waals surface area contributed by atoms with Crippen molar-refractivity contribution in [2.24, 2.45) is 17.8 Å². The highest BCUT2D eigenvalue weighted by atomic mass is 19.2. The van der Waals surface area contributed by atoms with Crippen molar-refractivity contribution in [3.05, 3.63) is 47.5 Å². The summed E-state index contributed by atoms with van der Waals surface area (Å²) in [6.07, 6.45) is 17.2. The van der Waals surface area contributed by atoms with E-state index in [4.69, 9.17) is 0 Å². The Morgan fingerprint density at radius 1 is 0.815 bits per heavy atom. The SMILES string of the molecule is FCC/C=C/[C@H]1CC[C@H](CCC2CCC(c3ccc(F)c(F)c3)CC2)CC1. The standard InChI is InChI=1S/C24H33F3/c25-16-2-1-3-18-4-6-19(7-5-18)8-9-20-10-12-21(13-11-20)22-14-15-23(26)24(27)17-22/h1,3,14-15,17-21H,2,4-13,16H2/b3-1+/t18-,19-,20?,21?. The highest BCUT2D eigenvalue weighted by Gasteiger charge is 2.25. The Morgan fingerprint density at radius 3 is 2.04 bits per heavy atom. The third-order valence-corrected chi connectivity index (χ3v) is 6.82. The molecule has 2 fully saturated rings. The van der Waals surface area contributed by atoms with Crippen molar-refractivity contribution in [2.75, 3.05) is 6.67 Å². The molecule has 0 unspecified atom stereocenters. The van der Waals surface area contributed by atoms with E-state index in [0.717, 1.165) is 30.2 Å². The zero-order valence-electron chi connectivity index (χ0n) is 16.3. The first-order valence-corrected chi connectivity index (χ1v) is 10.8. The maximum absolute atomic E-state index is 13.5. The third-order valence-electron chi connectivity index (χ3n) is 6.82. The van der Waals surface area contributed by atoms with E-state index in [1.807, 2.05) is 6.08 Å². The van der Waals surface area contributed by atoms with Gasteiger partial charge in [-0.15, -0.1) is 0 Å². The maximum Gasteiger partial charge on any atom is 0.159 e. The van der Waals surface area contributed by atoms with Gasteiger partial charge in [0.1, 0.15) is 0 Å². The van der Waals surface area contributed by atoms with Gasteiger partial charge in [0.25, 0.3) is 0 Å². The first-order valence-electron chi connectivity index (χ1n) is 10.8. The van der Waals surface area contributed by atoms with Crippen molar-refractivity contribution >= 4 is 0 Å². The first-order chi connectivity index (χ1) is 13.2. The second-order valence-corrected chi connectivity index (χ2v) is 8.66. The van der Waals surface area contributed by atoms with Crippen LogP contribution in [0, 0.1) is 29.4 Å². The van der Waals surface area contributed by atoms with E-state index >= 15 is 0 Å². The van der Waals surface area contributed by atoms with Gasteiger partial charge in [-0.3, -0.25) is 4.39 Å². The monoisotopic (exact) mass is 378 g/mol. The summed E-state index contributed by atoms with van der Waals surface area (Å²) in [5.41, 5.74) is 0.964. The second kappa shape index (κ2) is 10.3. The number of allylic oxidation sites excluding steroid dienone is 2. The van der Waals surface area contributed by atoms with Crippen molar-refractivity contribution in [1.82, 2.24) is 0 Å². The summed E-state index contributed by atoms with van der Waals surface area (Å²) >= 11 is 0. The van der Waals surface area contributed by atoms with Gasteiger partial charge in [-0.2, -0.15) is 0 Å². The average Bonchev–Trinajstić information content (AvgIpc) is 2.70. The van der Waals surface area contributed by atoms with Gasteiger partial charge in [-0.05, 0) is 99.2 Å². The highest BCUT2D eigenvalue weighted by molar-refractivity contribution is 5.22. The quantitative estimate of drug-likeness (QED) is 0.426. The number of hydrogen-bond acceptors (Lipinski definition) is 0. The number of benzene rings is 1. The summed E-state index contributed by atoms with van der Waals surface area (Å²) in [5, 5.41) is 0. The second-order valence-electron chi connectivity index (χ2n) is 8.66. The molecule has 0 nitrogen and oxygen atoms in total. The van der Waals surface area contributed by atoms with Crippen LogP contribution in [0.1, 0.15) is 82.1 Å². The molecular weight excluding hydrogens is 345 g/mol. The minimum atomic E-state index is -0.750. The lowest BCUT2D eigenvalue weighted by Crippen LogP contribution is -2.17. The van der Waals surface area contributed by atoms with Crippen LogP contribution in [-0.2, 0) is 0 Å². The molecule has 2 aliphatic rings. The summed E-state index contributed by atoms with van der Waals surface area (Å²) in [5.74, 6) is 1.25. The fourth-order valence-corrected chi connectivity index (χ4v) is 5.04. The van der Waals surface area contributed by atoms with Gasteiger partial charge < -0.3 is 0 Å². The molecule has 1 aromatic carbocycles. The van der Waals surface area contributed by atoms with Crippen molar-refractivity contribution in [2.45, 2.75) is 76.5 Å². The lowest BCUT2D eigenvalue weighted by Gasteiger charge is -2.31. The fourth-order valence-electron chi connectivity index (χ4n) is 5.04. The summed E-state index contributed by atoms with van der Waals surface area (Å²) in [7, 11) is 0. The van der Waals surface area contributed by atoms with Crippen LogP contribution in [0.4, 0.5) is 13.2 Å². The largest absolute Gasteiger partial charge is 0.251 e. The summed E-state index contributed by atoms with van der Waals surface area (Å²) in [4.78, 5) is 0. The molecule has 0 heterocycles. The van der Waals surface area contributed by atoms with Crippen LogP contribution >= 0.6 is 0 Å². The van der Waals surface area contributed by atoms with Crippen LogP contribution in [-0.4, -0.2) is 6.67 Å². The molecule has 0 aliphatic heterocycles. The lowest BCUT2D eigenvalue weighted by molar-refractivity contribution is 0.246. The molecule has 0 amide bonds. The number of rotatable bonds is 7. The smallest absolute Gasteiger partial charge is 0.159 e. The van der Waals surface area contributed by atoms with Crippen LogP contribution in [0.15, 0.2) is 30.4 Å². The van der Waals surface area contributed by atoms with Gasteiger partial charge in [0.2, 0.25) is 0 Å². The van der Waals surface area contributed by atoms with Crippen molar-refractivity contribution in [1.29, 1.82) is 0 Å². The Labute approximate surface area is 162 Å². The Morgan fingerprint density at radius 2 is 1.44 bits per heavy atom. The third kappa shape index (κ3) is 6.12. The molecule has 0 spiro atoms. The molecular formula is C24H33F3. The molecule has 2 aliphatic carbocycles. The molecule has 3 rings (SSSR count). The molecule has 0 aromatic heterocycles. The van der Waals surface area contributed by atoms with Gasteiger partial charge in [0.15, 0.2) is 11.6 Å². The van der Waals surface area contributed by atoms with Gasteiger partial charge >= 0.3 is 0 Å². The van der Waals surface area contributed by atoms with Gasteiger partial charge in [0, 0.05) is 0 Å². The van der Waals surface area contributed by atoms with E-state index in [1.165, 1.54) is 63.5 Å². The average molecular weight is 379 g/mol. The maximum atomic E-state index is 13.5. The number of halogens is 3. The molecule has 27 heavy (non-hydrogen) atoms. The zero-order valence-corrected chi connectivity index (χ0v) is 16.3. The minimum absolute atomic E-state index is 0.246. The van der Waals surface area contributed by atoms with E-state index in [9.17, 15) is 13.2 Å². The minimum Gasteiger partial charge on any atom is -0.251 e. The normalized spacial score (nSPS) is 29.3. The molecule has 0 N–H and O–H groups in total. The van der Waals surface area contributed by atoms with Crippen molar-refractivity contribution < 1.29 is 13.2 Å². The fraction of sp³-hybridized carbons (Fsp3) is 0.667. The Hall–Kier alpha value is -1.25. The molecule has 3 heteroatoms. The summed E-state index contributed by atoms with van der Waals surface area (Å²) in [6.45, 7) is -0.246. The van der Waals surface area contributed by atoms with E-state index in [-0.39, 0.29) is 6.67 Å². The zero-order chi connectivity index (χ0) is 19.1. The molecule has 0 atom stereocenters. The van der Waals surface area contributed by atoms with Gasteiger partial charge in [-0.25, -0.2) is 8.78 Å². The predicted octanol–water partition coefficient (Wildman–Crippen LogP) is 7.74. The summed E-state index contributed by atoms with van der Waals surface area (Å²) < 4.78 is 38.7. The van der Waals surface area contributed by atoms with Gasteiger partial charge in [-0.1, -0.05) is 31.1 Å². The van der Waals surface area contributed by atoms with E-state index < -0.39 is 11.6 Å². The summed E-state index contributed by atoms with van der Waals surface area (Å²) in [6, 6.07) is 4.41. The van der Waals surface area contributed by atoms with Crippen LogP contribution in [0.2, 0.25) is 0 Å². The molecule has 150 valence electrons. The van der Waals surface area contributed by atoms with Crippen LogP contribution in [0.25, 0.3) is 0 Å². The van der Waals surface area contributed by atoms with Crippen molar-refractivity contribution in [3.8, 4) is 0 Å². The van der Waals surface area contributed by atoms with E-state index in [2.05, 4.69) is 6.08 Å². The van der Waals surface area contributed by atoms with E-state index in [0.29, 0.717) is 18.3 Å². The number of alkyl halides is 1. The highest BCUT2D eigenvalue weighted by Crippen LogP contribution is 2.40. The topological polar surface area (TPSA) is 0 Å². The molecule has 0 radical (unpaired) electrons. The number of hydrogen-bond donors (Lipinski definition) is 0. The predicted molar refractivity (Wildman–Crippen MR) is 105 cm³/mol. The molecule has 0 saturated heterocycles. The van der Waals surface area contributed by atoms with Crippen LogP contribution in [0.3, 0.4) is 0 Å². The van der Waals surface area contributed by atoms with Crippen LogP contribution < -0.4 is 0 Å². The molecule has 2 saturated carbocycles. The Balaban J connectivity index is 1.35. The Bertz CT molecular complexity index is 594. The Kier molecular flexibility index (Phi) is 7.84. The van der Waals surface area contributed by atoms with Gasteiger partial charge in [0.05, 0.1) is 6.67 Å². The molecule has 1 aromatic rings. The van der Waals surface area contributed by atoms with Crippen molar-refractivity contribution in [3.63, 3.8) is 0 Å². The lowest BCUT2D eigenvalue weighted by atomic mass is 9.74. The molecule has 0 bridgehead atoms. The van der Waals surface area contributed by atoms with E-state index in [1.54, 1.807) is 6.07 Å². The first kappa shape index (κ1) is 20.5. The van der Waals surface area contributed by atoms with Crippen LogP contribution in [0.5, 0.6) is 0 Å².